The zero-order valence-corrected chi connectivity index (χ0v) is 20.9. The lowest BCUT2D eigenvalue weighted by atomic mass is 10.2. The van der Waals surface area contributed by atoms with E-state index >= 15 is 0 Å². The number of amides is 1. The van der Waals surface area contributed by atoms with Crippen molar-refractivity contribution < 1.29 is 18.3 Å². The molecule has 0 saturated carbocycles. The van der Waals surface area contributed by atoms with E-state index in [0.717, 1.165) is 8.78 Å². The fourth-order valence-corrected chi connectivity index (χ4v) is 5.41. The van der Waals surface area contributed by atoms with Gasteiger partial charge in [-0.1, -0.05) is 51.8 Å². The summed E-state index contributed by atoms with van der Waals surface area (Å²) in [6, 6.07) is 17.8. The Balaban J connectivity index is 1.71. The molecule has 174 valence electrons. The van der Waals surface area contributed by atoms with Gasteiger partial charge in [-0.05, 0) is 55.0 Å². The Kier molecular flexibility index (Phi) is 6.74. The summed E-state index contributed by atoms with van der Waals surface area (Å²) in [4.78, 5) is 15.6. The van der Waals surface area contributed by atoms with Crippen LogP contribution in [0.2, 0.25) is 5.02 Å². The Bertz CT molecular complexity index is 1520. The normalized spacial score (nSPS) is 11.9. The smallest absolute Gasteiger partial charge is 0.285 e. The molecule has 0 saturated heterocycles. The van der Waals surface area contributed by atoms with Gasteiger partial charge in [0.2, 0.25) is 5.88 Å². The number of carbonyl (C=O) groups excluding carboxylic acids is 1. The average Bonchev–Trinajstić information content (AvgIpc) is 3.12. The van der Waals surface area contributed by atoms with E-state index in [4.69, 9.17) is 11.6 Å². The Hall–Kier alpha value is -3.21. The third-order valence-corrected chi connectivity index (χ3v) is 7.77. The van der Waals surface area contributed by atoms with Crippen LogP contribution in [0.1, 0.15) is 5.56 Å². The topological polar surface area (TPSA) is 115 Å². The van der Waals surface area contributed by atoms with Gasteiger partial charge in [-0.2, -0.15) is 0 Å². The maximum Gasteiger partial charge on any atom is 0.285 e. The third kappa shape index (κ3) is 4.70. The number of anilines is 1. The quantitative estimate of drug-likeness (QED) is 0.277. The molecule has 1 aromatic heterocycles. The van der Waals surface area contributed by atoms with Gasteiger partial charge < -0.3 is 10.1 Å². The van der Waals surface area contributed by atoms with E-state index in [1.54, 1.807) is 61.5 Å². The first kappa shape index (κ1) is 23.9. The molecule has 0 bridgehead atoms. The van der Waals surface area contributed by atoms with Crippen LogP contribution in [0.4, 0.5) is 11.4 Å². The lowest BCUT2D eigenvalue weighted by molar-refractivity contribution is -0.116. The zero-order chi connectivity index (χ0) is 24.5. The highest BCUT2D eigenvalue weighted by Crippen LogP contribution is 2.37. The van der Waals surface area contributed by atoms with Crippen LogP contribution in [0.5, 0.6) is 5.88 Å². The van der Waals surface area contributed by atoms with Crippen LogP contribution >= 0.6 is 27.5 Å². The number of carbonyl (C=O) groups is 1. The molecule has 11 heteroatoms. The molecule has 4 rings (SSSR count). The summed E-state index contributed by atoms with van der Waals surface area (Å²) < 4.78 is 28.6. The SMILES string of the molecule is Cc1c(Cl)cccc1N(CC(=O)N=Nc1c(O)[nH]c2ccc(Br)cc12)S(=O)(=O)c1ccccc1. The van der Waals surface area contributed by atoms with Crippen LogP contribution in [-0.2, 0) is 14.8 Å². The van der Waals surface area contributed by atoms with E-state index in [1.165, 1.54) is 12.1 Å². The number of rotatable bonds is 6. The first-order chi connectivity index (χ1) is 16.2. The van der Waals surface area contributed by atoms with E-state index in [9.17, 15) is 18.3 Å². The van der Waals surface area contributed by atoms with E-state index < -0.39 is 22.5 Å². The first-order valence-corrected chi connectivity index (χ1v) is 12.6. The molecule has 0 aliphatic carbocycles. The molecular weight excluding hydrogens is 544 g/mol. The molecule has 0 radical (unpaired) electrons. The number of hydrogen-bond acceptors (Lipinski definition) is 5. The molecule has 0 aliphatic rings. The van der Waals surface area contributed by atoms with Crippen molar-refractivity contribution in [2.45, 2.75) is 11.8 Å². The maximum atomic E-state index is 13.4. The van der Waals surface area contributed by atoms with E-state index in [1.807, 2.05) is 0 Å². The summed E-state index contributed by atoms with van der Waals surface area (Å²) in [5.41, 5.74) is 1.41. The van der Waals surface area contributed by atoms with Gasteiger partial charge in [0.25, 0.3) is 15.9 Å². The Morgan fingerprint density at radius 2 is 1.85 bits per heavy atom. The highest BCUT2D eigenvalue weighted by atomic mass is 79.9. The lowest BCUT2D eigenvalue weighted by Gasteiger charge is -2.25. The van der Waals surface area contributed by atoms with Gasteiger partial charge in [-0.25, -0.2) is 8.42 Å². The highest BCUT2D eigenvalue weighted by molar-refractivity contribution is 9.10. The van der Waals surface area contributed by atoms with Crippen molar-refractivity contribution in [3.8, 4) is 5.88 Å². The monoisotopic (exact) mass is 560 g/mol. The van der Waals surface area contributed by atoms with Gasteiger partial charge in [-0.3, -0.25) is 9.10 Å². The van der Waals surface area contributed by atoms with Crippen LogP contribution in [0.15, 0.2) is 86.3 Å². The van der Waals surface area contributed by atoms with Crippen molar-refractivity contribution in [3.63, 3.8) is 0 Å². The minimum Gasteiger partial charge on any atom is -0.493 e. The van der Waals surface area contributed by atoms with Crippen LogP contribution in [0, 0.1) is 6.92 Å². The predicted molar refractivity (Wildman–Crippen MR) is 134 cm³/mol. The highest BCUT2D eigenvalue weighted by Gasteiger charge is 2.28. The molecule has 8 nitrogen and oxygen atoms in total. The second-order valence-corrected chi connectivity index (χ2v) is 10.5. The van der Waals surface area contributed by atoms with Crippen molar-refractivity contribution >= 4 is 65.7 Å². The maximum absolute atomic E-state index is 13.4. The van der Waals surface area contributed by atoms with Crippen molar-refractivity contribution in [1.29, 1.82) is 0 Å². The third-order valence-electron chi connectivity index (χ3n) is 5.09. The molecule has 0 fully saturated rings. The Labute approximate surface area is 209 Å². The van der Waals surface area contributed by atoms with Gasteiger partial charge in [-0.15, -0.1) is 10.2 Å². The predicted octanol–water partition coefficient (Wildman–Crippen LogP) is 6.10. The molecule has 4 aromatic rings. The van der Waals surface area contributed by atoms with Gasteiger partial charge in [0.15, 0.2) is 5.69 Å². The number of nitrogens with zero attached hydrogens (tertiary/aromatic N) is 3. The van der Waals surface area contributed by atoms with E-state index in [2.05, 4.69) is 31.1 Å². The van der Waals surface area contributed by atoms with Crippen LogP contribution in [-0.4, -0.2) is 31.0 Å². The number of aromatic amines is 1. The van der Waals surface area contributed by atoms with Gasteiger partial charge in [0.05, 0.1) is 16.1 Å². The largest absolute Gasteiger partial charge is 0.493 e. The molecule has 0 aliphatic heterocycles. The molecule has 1 amide bonds. The van der Waals surface area contributed by atoms with Crippen molar-refractivity contribution in [3.05, 3.63) is 81.8 Å². The second kappa shape index (κ2) is 9.57. The van der Waals surface area contributed by atoms with Crippen LogP contribution in [0.3, 0.4) is 0 Å². The standard InChI is InChI=1S/C23H18BrClN4O4S/c1-14-18(25)8-5-9-20(14)29(34(32,33)16-6-3-2-4-7-16)13-21(30)27-28-22-17-12-15(24)10-11-19(17)26-23(22)31/h2-12,26,31H,13H2,1H3. The number of fused-ring (bicyclic) bond motifs is 1. The summed E-state index contributed by atoms with van der Waals surface area (Å²) in [6.45, 7) is 1.05. The Morgan fingerprint density at radius 3 is 2.59 bits per heavy atom. The van der Waals surface area contributed by atoms with Gasteiger partial charge in [0.1, 0.15) is 6.54 Å². The fourth-order valence-electron chi connectivity index (χ4n) is 3.38. The summed E-state index contributed by atoms with van der Waals surface area (Å²) in [7, 11) is -4.12. The van der Waals surface area contributed by atoms with E-state index in [-0.39, 0.29) is 22.2 Å². The number of hydrogen-bond donors (Lipinski definition) is 2. The minimum atomic E-state index is -4.12. The van der Waals surface area contributed by atoms with Gasteiger partial charge >= 0.3 is 0 Å². The Morgan fingerprint density at radius 1 is 1.12 bits per heavy atom. The minimum absolute atomic E-state index is 0.0123. The molecule has 0 unspecified atom stereocenters. The molecule has 3 aromatic carbocycles. The molecule has 2 N–H and O–H groups in total. The van der Waals surface area contributed by atoms with Crippen molar-refractivity contribution in [1.82, 2.24) is 4.98 Å². The fraction of sp³-hybridized carbons (Fsp3) is 0.0870. The molecule has 0 spiro atoms. The number of halogens is 2. The summed E-state index contributed by atoms with van der Waals surface area (Å²) in [6.07, 6.45) is 0. The van der Waals surface area contributed by atoms with Crippen molar-refractivity contribution in [2.75, 3.05) is 10.8 Å². The molecule has 1 heterocycles. The number of nitrogens with one attached hydrogen (secondary N) is 1. The number of aromatic hydroxyl groups is 1. The van der Waals surface area contributed by atoms with Gasteiger partial charge in [0, 0.05) is 14.9 Å². The van der Waals surface area contributed by atoms with Crippen molar-refractivity contribution in [2.24, 2.45) is 10.2 Å². The summed E-state index contributed by atoms with van der Waals surface area (Å²) in [5.74, 6) is -1.09. The summed E-state index contributed by atoms with van der Waals surface area (Å²) in [5, 5.41) is 18.7. The number of sulfonamides is 1. The first-order valence-electron chi connectivity index (χ1n) is 9.96. The number of benzene rings is 3. The summed E-state index contributed by atoms with van der Waals surface area (Å²) >= 11 is 9.57. The molecular formula is C23H18BrClN4O4S. The zero-order valence-electron chi connectivity index (χ0n) is 17.7. The number of H-pyrrole nitrogens is 1. The van der Waals surface area contributed by atoms with Crippen LogP contribution < -0.4 is 4.31 Å². The molecule has 34 heavy (non-hydrogen) atoms. The lowest BCUT2D eigenvalue weighted by Crippen LogP contribution is -2.35. The number of azo groups is 1. The van der Waals surface area contributed by atoms with E-state index in [0.29, 0.717) is 21.5 Å². The second-order valence-electron chi connectivity index (χ2n) is 7.31. The average molecular weight is 562 g/mol. The molecule has 0 atom stereocenters. The number of aromatic nitrogens is 1. The van der Waals surface area contributed by atoms with Crippen LogP contribution in [0.25, 0.3) is 10.9 Å².